The zero-order valence-electron chi connectivity index (χ0n) is 8.02. The van der Waals surface area contributed by atoms with Gasteiger partial charge in [0, 0.05) is 20.5 Å². The number of rotatable bonds is 5. The molecule has 0 aliphatic rings. The van der Waals surface area contributed by atoms with E-state index in [0.717, 1.165) is 4.31 Å². The summed E-state index contributed by atoms with van der Waals surface area (Å²) in [4.78, 5) is 10.3. The summed E-state index contributed by atoms with van der Waals surface area (Å²) in [5, 5.41) is 8.41. The summed E-state index contributed by atoms with van der Waals surface area (Å²) in [7, 11) is -0.406. The standard InChI is InChI=1S/C7H15NO4S/c1-6(4-7(9)10)5-13(11,12)8(2)3/h6H,4-5H2,1-3H3,(H,9,10). The van der Waals surface area contributed by atoms with Crippen LogP contribution in [0.3, 0.4) is 0 Å². The van der Waals surface area contributed by atoms with Gasteiger partial charge in [-0.05, 0) is 5.92 Å². The highest BCUT2D eigenvalue weighted by molar-refractivity contribution is 7.89. The van der Waals surface area contributed by atoms with Crippen molar-refractivity contribution in [1.82, 2.24) is 4.31 Å². The second-order valence-corrected chi connectivity index (χ2v) is 5.49. The van der Waals surface area contributed by atoms with Crippen molar-refractivity contribution in [2.24, 2.45) is 5.92 Å². The van der Waals surface area contributed by atoms with Gasteiger partial charge >= 0.3 is 5.97 Å². The largest absolute Gasteiger partial charge is 0.481 e. The SMILES string of the molecule is CC(CC(=O)O)CS(=O)(=O)N(C)C. The summed E-state index contributed by atoms with van der Waals surface area (Å²) >= 11 is 0. The average molecular weight is 209 g/mol. The Labute approximate surface area is 78.4 Å². The van der Waals surface area contributed by atoms with E-state index < -0.39 is 16.0 Å². The van der Waals surface area contributed by atoms with Crippen molar-refractivity contribution in [1.29, 1.82) is 0 Å². The Hall–Kier alpha value is -0.620. The van der Waals surface area contributed by atoms with Crippen LogP contribution >= 0.6 is 0 Å². The molecule has 0 amide bonds. The lowest BCUT2D eigenvalue weighted by molar-refractivity contribution is -0.137. The van der Waals surface area contributed by atoms with Gasteiger partial charge in [0.15, 0.2) is 0 Å². The molecule has 13 heavy (non-hydrogen) atoms. The molecule has 0 aromatic rings. The second kappa shape index (κ2) is 4.57. The maximum absolute atomic E-state index is 11.3. The van der Waals surface area contributed by atoms with Crippen molar-refractivity contribution in [2.45, 2.75) is 13.3 Å². The first kappa shape index (κ1) is 12.4. The summed E-state index contributed by atoms with van der Waals surface area (Å²) in [6.45, 7) is 1.61. The smallest absolute Gasteiger partial charge is 0.303 e. The van der Waals surface area contributed by atoms with Crippen LogP contribution in [0, 0.1) is 5.92 Å². The molecular formula is C7H15NO4S. The van der Waals surface area contributed by atoms with Crippen LogP contribution in [0.5, 0.6) is 0 Å². The van der Waals surface area contributed by atoms with Crippen LogP contribution in [0.4, 0.5) is 0 Å². The Balaban J connectivity index is 4.21. The van der Waals surface area contributed by atoms with E-state index in [1.165, 1.54) is 14.1 Å². The molecule has 0 radical (unpaired) electrons. The molecule has 0 fully saturated rings. The van der Waals surface area contributed by atoms with E-state index >= 15 is 0 Å². The summed E-state index contributed by atoms with van der Waals surface area (Å²) in [5.41, 5.74) is 0. The minimum absolute atomic E-state index is 0.118. The highest BCUT2D eigenvalue weighted by Crippen LogP contribution is 2.07. The van der Waals surface area contributed by atoms with Gasteiger partial charge in [0.25, 0.3) is 0 Å². The predicted molar refractivity (Wildman–Crippen MR) is 48.9 cm³/mol. The fourth-order valence-corrected chi connectivity index (χ4v) is 2.00. The maximum Gasteiger partial charge on any atom is 0.303 e. The van der Waals surface area contributed by atoms with E-state index in [1.54, 1.807) is 6.92 Å². The third-order valence-electron chi connectivity index (χ3n) is 1.57. The van der Waals surface area contributed by atoms with Crippen molar-refractivity contribution in [3.8, 4) is 0 Å². The lowest BCUT2D eigenvalue weighted by Gasteiger charge is -2.14. The zero-order chi connectivity index (χ0) is 10.6. The summed E-state index contributed by atoms with van der Waals surface area (Å²) in [6.07, 6.45) is -0.118. The normalized spacial score (nSPS) is 14.5. The van der Waals surface area contributed by atoms with Gasteiger partial charge < -0.3 is 5.11 Å². The minimum atomic E-state index is -3.27. The van der Waals surface area contributed by atoms with Gasteiger partial charge in [-0.2, -0.15) is 0 Å². The number of hydrogen-bond donors (Lipinski definition) is 1. The van der Waals surface area contributed by atoms with E-state index in [9.17, 15) is 13.2 Å². The summed E-state index contributed by atoms with van der Waals surface area (Å²) < 4.78 is 23.6. The Morgan fingerprint density at radius 2 is 1.92 bits per heavy atom. The first-order valence-electron chi connectivity index (χ1n) is 3.87. The van der Waals surface area contributed by atoms with Crippen molar-refractivity contribution in [3.05, 3.63) is 0 Å². The van der Waals surface area contributed by atoms with E-state index in [-0.39, 0.29) is 18.1 Å². The molecule has 0 aliphatic heterocycles. The molecule has 0 saturated carbocycles. The van der Waals surface area contributed by atoms with Gasteiger partial charge in [0.05, 0.1) is 5.75 Å². The number of nitrogens with zero attached hydrogens (tertiary/aromatic N) is 1. The van der Waals surface area contributed by atoms with Gasteiger partial charge in [-0.1, -0.05) is 6.92 Å². The van der Waals surface area contributed by atoms with Crippen molar-refractivity contribution in [2.75, 3.05) is 19.8 Å². The molecule has 78 valence electrons. The Kier molecular flexibility index (Phi) is 4.35. The van der Waals surface area contributed by atoms with Gasteiger partial charge in [-0.25, -0.2) is 12.7 Å². The third kappa shape index (κ3) is 4.84. The first-order chi connectivity index (χ1) is 5.75. The summed E-state index contributed by atoms with van der Waals surface area (Å²) in [6, 6.07) is 0. The number of aliphatic carboxylic acids is 1. The fourth-order valence-electron chi connectivity index (χ4n) is 0.866. The number of carboxylic acid groups (broad SMARTS) is 1. The maximum atomic E-state index is 11.3. The fraction of sp³-hybridized carbons (Fsp3) is 0.857. The van der Waals surface area contributed by atoms with Gasteiger partial charge in [-0.3, -0.25) is 4.79 Å². The molecule has 1 atom stereocenters. The molecule has 0 aliphatic carbocycles. The molecule has 6 heteroatoms. The molecular weight excluding hydrogens is 194 g/mol. The molecule has 0 bridgehead atoms. The number of hydrogen-bond acceptors (Lipinski definition) is 3. The molecule has 1 N–H and O–H groups in total. The van der Waals surface area contributed by atoms with E-state index in [4.69, 9.17) is 5.11 Å². The summed E-state index contributed by atoms with van der Waals surface area (Å²) in [5.74, 6) is -1.45. The van der Waals surface area contributed by atoms with Crippen LogP contribution in [0.25, 0.3) is 0 Å². The van der Waals surface area contributed by atoms with Crippen LogP contribution in [0.15, 0.2) is 0 Å². The van der Waals surface area contributed by atoms with Gasteiger partial charge in [0.2, 0.25) is 10.0 Å². The molecule has 0 rings (SSSR count). The van der Waals surface area contributed by atoms with Crippen molar-refractivity contribution < 1.29 is 18.3 Å². The Bertz CT molecular complexity index is 270. The van der Waals surface area contributed by atoms with Crippen LogP contribution in [-0.2, 0) is 14.8 Å². The van der Waals surface area contributed by atoms with E-state index in [1.807, 2.05) is 0 Å². The number of carbonyl (C=O) groups is 1. The Morgan fingerprint density at radius 3 is 2.23 bits per heavy atom. The van der Waals surface area contributed by atoms with E-state index in [2.05, 4.69) is 0 Å². The number of sulfonamides is 1. The molecule has 0 saturated heterocycles. The van der Waals surface area contributed by atoms with Gasteiger partial charge in [-0.15, -0.1) is 0 Å². The lowest BCUT2D eigenvalue weighted by atomic mass is 10.1. The van der Waals surface area contributed by atoms with Crippen LogP contribution in [-0.4, -0.2) is 43.6 Å². The molecule has 5 nitrogen and oxygen atoms in total. The molecule has 0 aromatic heterocycles. The lowest BCUT2D eigenvalue weighted by Crippen LogP contribution is -2.28. The van der Waals surface area contributed by atoms with Crippen molar-refractivity contribution in [3.63, 3.8) is 0 Å². The second-order valence-electron chi connectivity index (χ2n) is 3.26. The minimum Gasteiger partial charge on any atom is -0.481 e. The highest BCUT2D eigenvalue weighted by atomic mass is 32.2. The van der Waals surface area contributed by atoms with Crippen LogP contribution < -0.4 is 0 Å². The topological polar surface area (TPSA) is 74.7 Å². The predicted octanol–water partition coefficient (Wildman–Crippen LogP) is -0.0114. The first-order valence-corrected chi connectivity index (χ1v) is 5.48. The van der Waals surface area contributed by atoms with E-state index in [0.29, 0.717) is 0 Å². The zero-order valence-corrected chi connectivity index (χ0v) is 8.84. The quantitative estimate of drug-likeness (QED) is 0.691. The molecule has 0 spiro atoms. The molecule has 0 aromatic carbocycles. The monoisotopic (exact) mass is 209 g/mol. The van der Waals surface area contributed by atoms with Gasteiger partial charge in [0.1, 0.15) is 0 Å². The molecule has 0 heterocycles. The average Bonchev–Trinajstić information content (AvgIpc) is 1.82. The third-order valence-corrected chi connectivity index (χ3v) is 3.68. The van der Waals surface area contributed by atoms with Crippen LogP contribution in [0.2, 0.25) is 0 Å². The van der Waals surface area contributed by atoms with Crippen LogP contribution in [0.1, 0.15) is 13.3 Å². The highest BCUT2D eigenvalue weighted by Gasteiger charge is 2.19. The molecule has 1 unspecified atom stereocenters. The Morgan fingerprint density at radius 1 is 1.46 bits per heavy atom. The number of carboxylic acids is 1. The van der Waals surface area contributed by atoms with Crippen molar-refractivity contribution >= 4 is 16.0 Å².